The van der Waals surface area contributed by atoms with Gasteiger partial charge in [-0.05, 0) is 16.8 Å². The third-order valence-electron chi connectivity index (χ3n) is 1.26. The minimum Gasteiger partial charge on any atom is -0.411 e. The maximum Gasteiger partial charge on any atom is 0.113 e. The normalized spacial score (nSPS) is 11.9. The molecule has 0 aromatic carbocycles. The molecule has 1 N–H and O–H groups in total. The molecule has 1 heterocycles. The van der Waals surface area contributed by atoms with Crippen molar-refractivity contribution in [1.82, 2.24) is 0 Å². The molecule has 0 aliphatic carbocycles. The van der Waals surface area contributed by atoms with E-state index < -0.39 is 0 Å². The lowest BCUT2D eigenvalue weighted by molar-refractivity contribution is 0.238. The summed E-state index contributed by atoms with van der Waals surface area (Å²) in [5.41, 5.74) is 1.48. The minimum absolute atomic E-state index is 0.341. The Labute approximate surface area is 68.9 Å². The van der Waals surface area contributed by atoms with Crippen LogP contribution in [-0.4, -0.2) is 24.6 Å². The Kier molecular flexibility index (Phi) is 3.07. The van der Waals surface area contributed by atoms with E-state index in [1.54, 1.807) is 18.4 Å². The molecular weight excluding hydrogens is 162 g/mol. The van der Waals surface area contributed by atoms with Crippen molar-refractivity contribution in [3.05, 3.63) is 22.4 Å². The van der Waals surface area contributed by atoms with Gasteiger partial charge in [0.15, 0.2) is 0 Å². The molecule has 0 spiro atoms. The van der Waals surface area contributed by atoms with E-state index in [2.05, 4.69) is 5.16 Å². The molecule has 0 saturated heterocycles. The highest BCUT2D eigenvalue weighted by Gasteiger charge is 2.02. The number of methoxy groups -OCH3 is 1. The predicted octanol–water partition coefficient (Wildman–Crippen LogP) is 1.57. The Hall–Kier alpha value is -0.870. The average molecular weight is 171 g/mol. The van der Waals surface area contributed by atoms with E-state index in [0.717, 1.165) is 5.56 Å². The van der Waals surface area contributed by atoms with Crippen LogP contribution in [-0.2, 0) is 4.74 Å². The van der Waals surface area contributed by atoms with Crippen LogP contribution in [0.1, 0.15) is 5.56 Å². The molecule has 1 aromatic heterocycles. The lowest BCUT2D eigenvalue weighted by Crippen LogP contribution is -2.07. The van der Waals surface area contributed by atoms with Crippen LogP contribution in [0.2, 0.25) is 0 Å². The van der Waals surface area contributed by atoms with Crippen LogP contribution < -0.4 is 0 Å². The molecule has 0 radical (unpaired) electrons. The Morgan fingerprint density at radius 3 is 3.09 bits per heavy atom. The molecule has 0 unspecified atom stereocenters. The highest BCUT2D eigenvalue weighted by Crippen LogP contribution is 2.07. The summed E-state index contributed by atoms with van der Waals surface area (Å²) in [7, 11) is 1.57. The fourth-order valence-electron chi connectivity index (χ4n) is 0.735. The van der Waals surface area contributed by atoms with Crippen LogP contribution in [0.25, 0.3) is 0 Å². The van der Waals surface area contributed by atoms with Gasteiger partial charge in [-0.15, -0.1) is 0 Å². The monoisotopic (exact) mass is 171 g/mol. The van der Waals surface area contributed by atoms with E-state index in [1.165, 1.54) is 0 Å². The summed E-state index contributed by atoms with van der Waals surface area (Å²) >= 11 is 1.56. The van der Waals surface area contributed by atoms with Crippen LogP contribution in [0.15, 0.2) is 22.0 Å². The van der Waals surface area contributed by atoms with Gasteiger partial charge in [-0.1, -0.05) is 5.16 Å². The van der Waals surface area contributed by atoms with Gasteiger partial charge >= 0.3 is 0 Å². The van der Waals surface area contributed by atoms with Crippen LogP contribution in [0.5, 0.6) is 0 Å². The zero-order valence-corrected chi connectivity index (χ0v) is 6.97. The van der Waals surface area contributed by atoms with Gasteiger partial charge < -0.3 is 9.94 Å². The molecule has 0 aliphatic rings. The first kappa shape index (κ1) is 8.23. The van der Waals surface area contributed by atoms with Crippen molar-refractivity contribution in [2.24, 2.45) is 5.16 Å². The van der Waals surface area contributed by atoms with Crippen molar-refractivity contribution in [1.29, 1.82) is 0 Å². The van der Waals surface area contributed by atoms with Crippen molar-refractivity contribution in [2.75, 3.05) is 13.7 Å². The average Bonchev–Trinajstić information content (AvgIpc) is 2.52. The molecule has 3 nitrogen and oxygen atoms in total. The summed E-state index contributed by atoms with van der Waals surface area (Å²) in [4.78, 5) is 0. The van der Waals surface area contributed by atoms with Crippen molar-refractivity contribution in [3.63, 3.8) is 0 Å². The van der Waals surface area contributed by atoms with Gasteiger partial charge in [0.2, 0.25) is 0 Å². The topological polar surface area (TPSA) is 41.8 Å². The Morgan fingerprint density at radius 2 is 2.64 bits per heavy atom. The summed E-state index contributed by atoms with van der Waals surface area (Å²) in [5, 5.41) is 15.5. The number of hydrogen-bond donors (Lipinski definition) is 1. The number of thiophene rings is 1. The van der Waals surface area contributed by atoms with Gasteiger partial charge in [0, 0.05) is 12.7 Å². The number of oxime groups is 1. The van der Waals surface area contributed by atoms with Gasteiger partial charge in [0.05, 0.1) is 6.61 Å². The number of rotatable bonds is 3. The van der Waals surface area contributed by atoms with Crippen LogP contribution in [0.4, 0.5) is 0 Å². The van der Waals surface area contributed by atoms with Crippen molar-refractivity contribution >= 4 is 17.0 Å². The lowest BCUT2D eigenvalue weighted by atomic mass is 10.2. The van der Waals surface area contributed by atoms with E-state index in [0.29, 0.717) is 12.3 Å². The molecule has 0 bridgehead atoms. The second-order valence-electron chi connectivity index (χ2n) is 1.99. The van der Waals surface area contributed by atoms with Gasteiger partial charge in [-0.3, -0.25) is 0 Å². The summed E-state index contributed by atoms with van der Waals surface area (Å²) in [6, 6.07) is 1.89. The fourth-order valence-corrected chi connectivity index (χ4v) is 1.40. The van der Waals surface area contributed by atoms with Crippen molar-refractivity contribution < 1.29 is 9.94 Å². The zero-order chi connectivity index (χ0) is 8.10. The standard InChI is InChI=1S/C7H9NO2S/c1-10-4-7(8-9)6-2-3-11-5-6/h2-3,5,9H,4H2,1H3/b8-7+. The van der Waals surface area contributed by atoms with E-state index in [4.69, 9.17) is 9.94 Å². The highest BCUT2D eigenvalue weighted by molar-refractivity contribution is 7.08. The Bertz CT molecular complexity index is 231. The molecule has 0 fully saturated rings. The first-order valence-electron chi connectivity index (χ1n) is 3.11. The molecule has 0 saturated carbocycles. The lowest BCUT2D eigenvalue weighted by Gasteiger charge is -1.98. The second-order valence-corrected chi connectivity index (χ2v) is 2.77. The highest BCUT2D eigenvalue weighted by atomic mass is 32.1. The van der Waals surface area contributed by atoms with Crippen molar-refractivity contribution in [2.45, 2.75) is 0 Å². The summed E-state index contributed by atoms with van der Waals surface area (Å²) < 4.78 is 4.83. The molecule has 0 aliphatic heterocycles. The van der Waals surface area contributed by atoms with Crippen molar-refractivity contribution in [3.8, 4) is 0 Å². The smallest absolute Gasteiger partial charge is 0.113 e. The molecule has 1 rings (SSSR count). The third kappa shape index (κ3) is 2.03. The molecular formula is C7H9NO2S. The first-order chi connectivity index (χ1) is 5.38. The van der Waals surface area contributed by atoms with E-state index in [1.807, 2.05) is 16.8 Å². The maximum absolute atomic E-state index is 8.54. The van der Waals surface area contributed by atoms with Gasteiger partial charge in [0.25, 0.3) is 0 Å². The zero-order valence-electron chi connectivity index (χ0n) is 6.15. The van der Waals surface area contributed by atoms with Crippen LogP contribution in [0.3, 0.4) is 0 Å². The maximum atomic E-state index is 8.54. The Balaban J connectivity index is 2.72. The first-order valence-corrected chi connectivity index (χ1v) is 4.05. The summed E-state index contributed by atoms with van der Waals surface area (Å²) in [5.74, 6) is 0. The summed E-state index contributed by atoms with van der Waals surface area (Å²) in [6.45, 7) is 0.341. The molecule has 4 heteroatoms. The number of hydrogen-bond acceptors (Lipinski definition) is 4. The second kappa shape index (κ2) is 4.10. The molecule has 0 amide bonds. The van der Waals surface area contributed by atoms with Crippen LogP contribution in [0, 0.1) is 0 Å². The molecule has 1 aromatic rings. The van der Waals surface area contributed by atoms with E-state index >= 15 is 0 Å². The third-order valence-corrected chi connectivity index (χ3v) is 1.94. The molecule has 0 atom stereocenters. The number of ether oxygens (including phenoxy) is 1. The summed E-state index contributed by atoms with van der Waals surface area (Å²) in [6.07, 6.45) is 0. The van der Waals surface area contributed by atoms with E-state index in [9.17, 15) is 0 Å². The Morgan fingerprint density at radius 1 is 1.82 bits per heavy atom. The van der Waals surface area contributed by atoms with Crippen LogP contribution >= 0.6 is 11.3 Å². The van der Waals surface area contributed by atoms with E-state index in [-0.39, 0.29) is 0 Å². The fraction of sp³-hybridized carbons (Fsp3) is 0.286. The number of nitrogens with zero attached hydrogens (tertiary/aromatic N) is 1. The largest absolute Gasteiger partial charge is 0.411 e. The minimum atomic E-state index is 0.341. The molecule has 60 valence electrons. The SMILES string of the molecule is COC/C(=N\O)c1ccsc1. The quantitative estimate of drug-likeness (QED) is 0.426. The molecule has 11 heavy (non-hydrogen) atoms. The van der Waals surface area contributed by atoms with Gasteiger partial charge in [0.1, 0.15) is 5.71 Å². The van der Waals surface area contributed by atoms with Gasteiger partial charge in [-0.25, -0.2) is 0 Å². The van der Waals surface area contributed by atoms with Gasteiger partial charge in [-0.2, -0.15) is 11.3 Å². The predicted molar refractivity (Wildman–Crippen MR) is 44.5 cm³/mol.